The first-order valence-corrected chi connectivity index (χ1v) is 21.1. The third-order valence-corrected chi connectivity index (χ3v) is 12.8. The van der Waals surface area contributed by atoms with Gasteiger partial charge in [0.15, 0.2) is 0 Å². The van der Waals surface area contributed by atoms with Crippen LogP contribution in [-0.2, 0) is 5.41 Å². The van der Waals surface area contributed by atoms with Gasteiger partial charge in [0.05, 0.1) is 22.1 Å². The quantitative estimate of drug-likeness (QED) is 0.156. The summed E-state index contributed by atoms with van der Waals surface area (Å²) in [6.07, 6.45) is 0. The summed E-state index contributed by atoms with van der Waals surface area (Å²) in [4.78, 5) is 2.47. The van der Waals surface area contributed by atoms with Crippen LogP contribution in [-0.4, -0.2) is 4.57 Å². The van der Waals surface area contributed by atoms with Crippen molar-refractivity contribution in [1.82, 2.24) is 4.57 Å². The minimum Gasteiger partial charge on any atom is -0.310 e. The second-order valence-corrected chi connectivity index (χ2v) is 16.0. The van der Waals surface area contributed by atoms with E-state index in [-0.39, 0.29) is 0 Å². The fourth-order valence-electron chi connectivity index (χ4n) is 10.3. The highest BCUT2D eigenvalue weighted by Crippen LogP contribution is 2.56. The molecule has 1 aromatic heterocycles. The number of hydrogen-bond donors (Lipinski definition) is 0. The largest absolute Gasteiger partial charge is 0.310 e. The van der Waals surface area contributed by atoms with Gasteiger partial charge in [-0.25, -0.2) is 0 Å². The van der Waals surface area contributed by atoms with Crippen molar-refractivity contribution in [2.45, 2.75) is 5.41 Å². The van der Waals surface area contributed by atoms with Crippen molar-refractivity contribution in [2.24, 2.45) is 0 Å². The maximum absolute atomic E-state index is 2.47. The SMILES string of the molecule is c1ccc(-c2ccc3c(c2)c2c(N(c4ccccc4)c4ccc(C5(c6ccccc6)c6ccccc6-c6ccccc65)cc4)cc4ccccc4c2n3-c2ccccc2)cc1. The molecule has 0 saturated carbocycles. The summed E-state index contributed by atoms with van der Waals surface area (Å²) >= 11 is 0. The van der Waals surface area contributed by atoms with E-state index in [1.165, 1.54) is 77.1 Å². The maximum Gasteiger partial charge on any atom is 0.0713 e. The summed E-state index contributed by atoms with van der Waals surface area (Å²) in [5.74, 6) is 0. The number of nitrogens with zero attached hydrogens (tertiary/aromatic N) is 2. The molecule has 0 spiro atoms. The number of anilines is 3. The molecule has 10 aromatic carbocycles. The molecule has 1 aliphatic rings. The van der Waals surface area contributed by atoms with Gasteiger partial charge in [0.2, 0.25) is 0 Å². The molecule has 1 aliphatic carbocycles. The van der Waals surface area contributed by atoms with Crippen LogP contribution < -0.4 is 4.90 Å². The van der Waals surface area contributed by atoms with E-state index >= 15 is 0 Å². The molecule has 61 heavy (non-hydrogen) atoms. The van der Waals surface area contributed by atoms with Crippen LogP contribution in [0.2, 0.25) is 0 Å². The van der Waals surface area contributed by atoms with Crippen molar-refractivity contribution in [3.8, 4) is 27.9 Å². The highest BCUT2D eigenvalue weighted by molar-refractivity contribution is 6.25. The lowest BCUT2D eigenvalue weighted by Gasteiger charge is -2.34. The van der Waals surface area contributed by atoms with Gasteiger partial charge in [-0.3, -0.25) is 0 Å². The van der Waals surface area contributed by atoms with Gasteiger partial charge in [-0.05, 0) is 104 Å². The van der Waals surface area contributed by atoms with Crippen molar-refractivity contribution in [3.63, 3.8) is 0 Å². The van der Waals surface area contributed by atoms with Crippen molar-refractivity contribution in [3.05, 3.63) is 265 Å². The summed E-state index contributed by atoms with van der Waals surface area (Å²) in [6.45, 7) is 0. The average molecular weight is 777 g/mol. The Balaban J connectivity index is 1.15. The highest BCUT2D eigenvalue weighted by Gasteiger charge is 2.45. The molecule has 2 nitrogen and oxygen atoms in total. The summed E-state index contributed by atoms with van der Waals surface area (Å²) in [6, 6.07) is 89.0. The third-order valence-electron chi connectivity index (χ3n) is 12.8. The number of hydrogen-bond acceptors (Lipinski definition) is 1. The Hall–Kier alpha value is -7.94. The molecule has 11 aromatic rings. The lowest BCUT2D eigenvalue weighted by atomic mass is 9.68. The minimum atomic E-state index is -0.474. The maximum atomic E-state index is 2.47. The predicted octanol–water partition coefficient (Wildman–Crippen LogP) is 15.4. The molecule has 0 fully saturated rings. The van der Waals surface area contributed by atoms with Crippen LogP contribution in [0.5, 0.6) is 0 Å². The predicted molar refractivity (Wildman–Crippen MR) is 256 cm³/mol. The molecule has 0 amide bonds. The normalized spacial score (nSPS) is 12.7. The van der Waals surface area contributed by atoms with E-state index in [4.69, 9.17) is 0 Å². The fourth-order valence-corrected chi connectivity index (χ4v) is 10.3. The van der Waals surface area contributed by atoms with E-state index in [1.54, 1.807) is 0 Å². The van der Waals surface area contributed by atoms with Gasteiger partial charge in [0.1, 0.15) is 0 Å². The summed E-state index contributed by atoms with van der Waals surface area (Å²) < 4.78 is 2.47. The topological polar surface area (TPSA) is 8.17 Å². The number of para-hydroxylation sites is 2. The first-order chi connectivity index (χ1) is 30.3. The summed E-state index contributed by atoms with van der Waals surface area (Å²) in [7, 11) is 0. The lowest BCUT2D eigenvalue weighted by Crippen LogP contribution is -2.28. The van der Waals surface area contributed by atoms with Gasteiger partial charge in [-0.2, -0.15) is 0 Å². The first kappa shape index (κ1) is 35.0. The Kier molecular flexibility index (Phi) is 8.11. The Labute approximate surface area is 355 Å². The van der Waals surface area contributed by atoms with Crippen LogP contribution in [0.15, 0.2) is 243 Å². The van der Waals surface area contributed by atoms with E-state index < -0.39 is 5.41 Å². The molecule has 1 heterocycles. The molecule has 12 rings (SSSR count). The van der Waals surface area contributed by atoms with E-state index in [0.717, 1.165) is 22.7 Å². The second-order valence-electron chi connectivity index (χ2n) is 16.0. The van der Waals surface area contributed by atoms with E-state index in [9.17, 15) is 0 Å². The Morgan fingerprint density at radius 3 is 1.61 bits per heavy atom. The van der Waals surface area contributed by atoms with Crippen molar-refractivity contribution in [2.75, 3.05) is 4.90 Å². The molecule has 0 bridgehead atoms. The molecular formula is C59H40N2. The number of fused-ring (bicyclic) bond motifs is 8. The standard InChI is InChI=1S/C59H40N2/c1-5-19-41(20-6-1)42-33-38-55-52(39-42)57-56(40-43-21-13-14-28-49(43)58(57)61(55)47-26-11-4-12-27-47)60(46-24-9-3-10-25-46)48-36-34-45(35-37-48)59(44-22-7-2-8-23-44)53-31-17-15-29-50(53)51-30-16-18-32-54(51)59/h1-40H. The molecule has 0 radical (unpaired) electrons. The summed E-state index contributed by atoms with van der Waals surface area (Å²) in [5.41, 5.74) is 16.5. The number of aromatic nitrogens is 1. The van der Waals surface area contributed by atoms with Gasteiger partial charge in [-0.1, -0.05) is 188 Å². The molecular weight excluding hydrogens is 737 g/mol. The van der Waals surface area contributed by atoms with Crippen LogP contribution in [0.4, 0.5) is 17.1 Å². The first-order valence-electron chi connectivity index (χ1n) is 21.1. The van der Waals surface area contributed by atoms with E-state index in [0.29, 0.717) is 0 Å². The molecule has 0 atom stereocenters. The lowest BCUT2D eigenvalue weighted by molar-refractivity contribution is 0.768. The molecule has 0 saturated heterocycles. The minimum absolute atomic E-state index is 0.474. The zero-order valence-electron chi connectivity index (χ0n) is 33.5. The van der Waals surface area contributed by atoms with Crippen molar-refractivity contribution >= 4 is 49.6 Å². The molecule has 286 valence electrons. The number of benzene rings is 10. The molecule has 0 aliphatic heterocycles. The smallest absolute Gasteiger partial charge is 0.0713 e. The van der Waals surface area contributed by atoms with Crippen LogP contribution in [0.1, 0.15) is 22.3 Å². The van der Waals surface area contributed by atoms with E-state index in [2.05, 4.69) is 252 Å². The summed E-state index contributed by atoms with van der Waals surface area (Å²) in [5, 5.41) is 4.82. The van der Waals surface area contributed by atoms with Gasteiger partial charge in [0.25, 0.3) is 0 Å². The third kappa shape index (κ3) is 5.36. The van der Waals surface area contributed by atoms with Gasteiger partial charge in [-0.15, -0.1) is 0 Å². The number of rotatable bonds is 7. The van der Waals surface area contributed by atoms with Crippen molar-refractivity contribution < 1.29 is 0 Å². The van der Waals surface area contributed by atoms with Gasteiger partial charge in [0, 0.05) is 33.2 Å². The second kappa shape index (κ2) is 14.1. The zero-order valence-corrected chi connectivity index (χ0v) is 33.5. The van der Waals surface area contributed by atoms with Crippen molar-refractivity contribution in [1.29, 1.82) is 0 Å². The highest BCUT2D eigenvalue weighted by atomic mass is 15.1. The van der Waals surface area contributed by atoms with Crippen LogP contribution in [0, 0.1) is 0 Å². The fraction of sp³-hybridized carbons (Fsp3) is 0.0169. The average Bonchev–Trinajstić information content (AvgIpc) is 3.85. The molecule has 2 heteroatoms. The zero-order chi connectivity index (χ0) is 40.3. The molecule has 0 unspecified atom stereocenters. The monoisotopic (exact) mass is 776 g/mol. The Morgan fingerprint density at radius 1 is 0.377 bits per heavy atom. The molecule has 0 N–H and O–H groups in total. The Bertz CT molecular complexity index is 3340. The Morgan fingerprint density at radius 2 is 0.918 bits per heavy atom. The van der Waals surface area contributed by atoms with Crippen LogP contribution in [0.3, 0.4) is 0 Å². The van der Waals surface area contributed by atoms with Gasteiger partial charge < -0.3 is 9.47 Å². The van der Waals surface area contributed by atoms with E-state index in [1.807, 2.05) is 0 Å². The van der Waals surface area contributed by atoms with Gasteiger partial charge >= 0.3 is 0 Å². The van der Waals surface area contributed by atoms with Crippen LogP contribution in [0.25, 0.3) is 60.5 Å². The van der Waals surface area contributed by atoms with Crippen LogP contribution >= 0.6 is 0 Å².